The Bertz CT molecular complexity index is 1170. The van der Waals surface area contributed by atoms with Crippen molar-refractivity contribution in [3.63, 3.8) is 0 Å². The van der Waals surface area contributed by atoms with Crippen LogP contribution in [-0.2, 0) is 12.1 Å². The number of nitrogens with zero attached hydrogens (tertiary/aromatic N) is 2. The van der Waals surface area contributed by atoms with E-state index >= 15 is 0 Å². The second-order valence-electron chi connectivity index (χ2n) is 8.87. The van der Waals surface area contributed by atoms with Gasteiger partial charge in [-0.05, 0) is 56.9 Å². The van der Waals surface area contributed by atoms with Gasteiger partial charge in [0.25, 0.3) is 0 Å². The van der Waals surface area contributed by atoms with Crippen molar-refractivity contribution in [3.05, 3.63) is 68.4 Å². The van der Waals surface area contributed by atoms with Crippen LogP contribution in [0, 0.1) is 3.82 Å². The molecule has 1 aromatic heterocycles. The first-order valence-electron chi connectivity index (χ1n) is 10.9. The van der Waals surface area contributed by atoms with E-state index in [1.54, 1.807) is 10.3 Å². The second kappa shape index (κ2) is 8.39. The smallest absolute Gasteiger partial charge is 0.110 e. The standard InChI is InChI=1S/C25H26N2S4/c1-25(2)22-21(24(29)31-30-22)19-15-18(23(28)26-13-7-4-8-14-26)11-12-20(19)27(25)16-17-9-5-3-6-10-17/h3,5-6,9-12,15H,4,7-8,13-14,16H2,1-2H3. The molecule has 3 heterocycles. The zero-order valence-corrected chi connectivity index (χ0v) is 21.2. The molecular formula is C25H26N2S4. The summed E-state index contributed by atoms with van der Waals surface area (Å²) in [6.45, 7) is 7.65. The third kappa shape index (κ3) is 3.78. The highest BCUT2D eigenvalue weighted by atomic mass is 32.9. The normalized spacial score (nSPS) is 17.2. The predicted octanol–water partition coefficient (Wildman–Crippen LogP) is 7.62. The van der Waals surface area contributed by atoms with E-state index < -0.39 is 0 Å². The third-order valence-corrected chi connectivity index (χ3v) is 10.3. The van der Waals surface area contributed by atoms with Gasteiger partial charge in [-0.3, -0.25) is 0 Å². The van der Waals surface area contributed by atoms with Crippen LogP contribution < -0.4 is 4.90 Å². The van der Waals surface area contributed by atoms with Gasteiger partial charge in [-0.1, -0.05) is 75.4 Å². The number of fused-ring (bicyclic) bond motifs is 3. The van der Waals surface area contributed by atoms with E-state index in [2.05, 4.69) is 72.2 Å². The SMILES string of the molecule is CC1(C)c2ssc(=S)c2-c2cc(C(=S)N3CCCCC3)ccc2N1Cc1ccccc1. The summed E-state index contributed by atoms with van der Waals surface area (Å²) in [7, 11) is 3.56. The number of rotatable bonds is 3. The molecule has 6 heteroatoms. The molecule has 0 unspecified atom stereocenters. The Morgan fingerprint density at radius 1 is 1.00 bits per heavy atom. The van der Waals surface area contributed by atoms with Gasteiger partial charge < -0.3 is 9.80 Å². The zero-order chi connectivity index (χ0) is 21.6. The monoisotopic (exact) mass is 482 g/mol. The maximum Gasteiger partial charge on any atom is 0.110 e. The van der Waals surface area contributed by atoms with Crippen LogP contribution in [0.1, 0.15) is 49.1 Å². The summed E-state index contributed by atoms with van der Waals surface area (Å²) < 4.78 is 0.995. The summed E-state index contributed by atoms with van der Waals surface area (Å²) in [5, 5.41) is 0. The number of anilines is 1. The average molecular weight is 483 g/mol. The Kier molecular flexibility index (Phi) is 5.76. The van der Waals surface area contributed by atoms with Crippen LogP contribution in [0.2, 0.25) is 0 Å². The van der Waals surface area contributed by atoms with Gasteiger partial charge in [0.15, 0.2) is 0 Å². The first-order valence-corrected chi connectivity index (χ1v) is 13.8. The topological polar surface area (TPSA) is 6.48 Å². The highest BCUT2D eigenvalue weighted by Crippen LogP contribution is 2.52. The minimum atomic E-state index is -0.120. The molecule has 160 valence electrons. The van der Waals surface area contributed by atoms with E-state index in [1.165, 1.54) is 46.5 Å². The molecule has 1 fully saturated rings. The van der Waals surface area contributed by atoms with E-state index in [1.807, 2.05) is 10.3 Å². The third-order valence-electron chi connectivity index (χ3n) is 6.49. The molecule has 3 aromatic rings. The highest BCUT2D eigenvalue weighted by Gasteiger charge is 2.39. The lowest BCUT2D eigenvalue weighted by molar-refractivity contribution is 0.347. The molecule has 2 nitrogen and oxygen atoms in total. The van der Waals surface area contributed by atoms with Crippen molar-refractivity contribution in [2.24, 2.45) is 0 Å². The van der Waals surface area contributed by atoms with Crippen molar-refractivity contribution >= 4 is 55.8 Å². The summed E-state index contributed by atoms with van der Waals surface area (Å²) in [6.07, 6.45) is 3.78. The van der Waals surface area contributed by atoms with Crippen molar-refractivity contribution in [2.75, 3.05) is 18.0 Å². The highest BCUT2D eigenvalue weighted by molar-refractivity contribution is 7.80. The van der Waals surface area contributed by atoms with Crippen molar-refractivity contribution in [3.8, 4) is 11.1 Å². The molecule has 0 radical (unpaired) electrons. The molecule has 0 amide bonds. The lowest BCUT2D eigenvalue weighted by Crippen LogP contribution is -2.43. The van der Waals surface area contributed by atoms with Crippen LogP contribution >= 0.6 is 45.1 Å². The minimum absolute atomic E-state index is 0.120. The molecule has 5 rings (SSSR count). The fourth-order valence-electron chi connectivity index (χ4n) is 4.75. The average Bonchev–Trinajstić information content (AvgIpc) is 3.20. The Morgan fingerprint density at radius 3 is 2.48 bits per heavy atom. The summed E-state index contributed by atoms with van der Waals surface area (Å²) in [4.78, 5) is 7.26. The lowest BCUT2D eigenvalue weighted by atomic mass is 9.86. The van der Waals surface area contributed by atoms with Crippen molar-refractivity contribution in [1.29, 1.82) is 0 Å². The maximum absolute atomic E-state index is 5.93. The first kappa shape index (κ1) is 21.3. The molecule has 0 saturated carbocycles. The van der Waals surface area contributed by atoms with Crippen LogP contribution in [0.25, 0.3) is 11.1 Å². The number of piperidine rings is 1. The van der Waals surface area contributed by atoms with Gasteiger partial charge in [-0.2, -0.15) is 0 Å². The Balaban J connectivity index is 1.61. The Hall–Kier alpha value is -1.60. The van der Waals surface area contributed by atoms with Crippen LogP contribution in [-0.4, -0.2) is 23.0 Å². The van der Waals surface area contributed by atoms with E-state index in [0.717, 1.165) is 34.0 Å². The molecular weight excluding hydrogens is 457 g/mol. The molecule has 2 aromatic carbocycles. The van der Waals surface area contributed by atoms with Gasteiger partial charge in [0.05, 0.1) is 10.4 Å². The quantitative estimate of drug-likeness (QED) is 0.280. The lowest BCUT2D eigenvalue weighted by Gasteiger charge is -2.45. The van der Waals surface area contributed by atoms with Gasteiger partial charge in [0, 0.05) is 42.0 Å². The first-order chi connectivity index (χ1) is 15.0. The molecule has 31 heavy (non-hydrogen) atoms. The number of thiocarbonyl (C=S) groups is 1. The van der Waals surface area contributed by atoms with Crippen LogP contribution in [0.5, 0.6) is 0 Å². The van der Waals surface area contributed by atoms with E-state index in [-0.39, 0.29) is 5.54 Å². The van der Waals surface area contributed by atoms with Crippen LogP contribution in [0.15, 0.2) is 48.5 Å². The minimum Gasteiger partial charge on any atom is -0.362 e. The Morgan fingerprint density at radius 2 is 1.74 bits per heavy atom. The molecule has 2 aliphatic rings. The largest absolute Gasteiger partial charge is 0.362 e. The summed E-state index contributed by atoms with van der Waals surface area (Å²) in [5.74, 6) is 0. The molecule has 1 saturated heterocycles. The van der Waals surface area contributed by atoms with E-state index in [4.69, 9.17) is 24.4 Å². The summed E-state index contributed by atoms with van der Waals surface area (Å²) >= 11 is 11.7. The molecule has 0 spiro atoms. The van der Waals surface area contributed by atoms with Crippen LogP contribution in [0.4, 0.5) is 5.69 Å². The van der Waals surface area contributed by atoms with Gasteiger partial charge >= 0.3 is 0 Å². The second-order valence-corrected chi connectivity index (χ2v) is 12.1. The molecule has 0 aliphatic carbocycles. The molecule has 0 atom stereocenters. The van der Waals surface area contributed by atoms with Crippen molar-refractivity contribution < 1.29 is 0 Å². The predicted molar refractivity (Wildman–Crippen MR) is 141 cm³/mol. The summed E-state index contributed by atoms with van der Waals surface area (Å²) in [5.41, 5.74) is 6.08. The van der Waals surface area contributed by atoms with Gasteiger partial charge in [-0.25, -0.2) is 0 Å². The summed E-state index contributed by atoms with van der Waals surface area (Å²) in [6, 6.07) is 17.5. The fourth-order valence-corrected chi connectivity index (χ4v) is 8.36. The van der Waals surface area contributed by atoms with E-state index in [0.29, 0.717) is 0 Å². The van der Waals surface area contributed by atoms with Gasteiger partial charge in [0.1, 0.15) is 8.81 Å². The van der Waals surface area contributed by atoms with Crippen molar-refractivity contribution in [2.45, 2.75) is 45.2 Å². The fraction of sp³-hybridized carbons (Fsp3) is 0.360. The number of hydrogen-bond donors (Lipinski definition) is 0. The van der Waals surface area contributed by atoms with Gasteiger partial charge in [0.2, 0.25) is 0 Å². The van der Waals surface area contributed by atoms with E-state index in [9.17, 15) is 0 Å². The number of benzene rings is 2. The maximum atomic E-state index is 5.93. The van der Waals surface area contributed by atoms with Crippen LogP contribution in [0.3, 0.4) is 0 Å². The number of likely N-dealkylation sites (tertiary alicyclic amines) is 1. The van der Waals surface area contributed by atoms with Crippen molar-refractivity contribution in [1.82, 2.24) is 4.90 Å². The Labute approximate surface area is 202 Å². The molecule has 0 N–H and O–H groups in total. The molecule has 2 aliphatic heterocycles. The number of hydrogen-bond acceptors (Lipinski definition) is 5. The zero-order valence-electron chi connectivity index (χ0n) is 17.9. The molecule has 0 bridgehead atoms. The van der Waals surface area contributed by atoms with Gasteiger partial charge in [-0.15, -0.1) is 0 Å².